The minimum Gasteiger partial charge on any atom is -0.258 e. The van der Waals surface area contributed by atoms with Crippen molar-refractivity contribution in [2.75, 3.05) is 6.54 Å². The maximum absolute atomic E-state index is 12.1. The molecule has 0 saturated heterocycles. The van der Waals surface area contributed by atoms with Crippen LogP contribution in [0.15, 0.2) is 39.9 Å². The van der Waals surface area contributed by atoms with Crippen molar-refractivity contribution in [3.63, 3.8) is 0 Å². The molecule has 112 valence electrons. The first-order chi connectivity index (χ1) is 9.90. The van der Waals surface area contributed by atoms with Crippen LogP contribution in [0.5, 0.6) is 0 Å². The molecule has 0 atom stereocenters. The third-order valence-corrected chi connectivity index (χ3v) is 5.22. The molecule has 0 saturated carbocycles. The van der Waals surface area contributed by atoms with Gasteiger partial charge >= 0.3 is 0 Å². The van der Waals surface area contributed by atoms with E-state index in [9.17, 15) is 18.5 Å². The molecule has 0 radical (unpaired) electrons. The van der Waals surface area contributed by atoms with Crippen molar-refractivity contribution >= 4 is 38.6 Å². The molecule has 21 heavy (non-hydrogen) atoms. The van der Waals surface area contributed by atoms with Crippen molar-refractivity contribution in [1.29, 1.82) is 0 Å². The molecule has 0 aliphatic rings. The molecule has 2 rings (SSSR count). The quantitative estimate of drug-likeness (QED) is 0.643. The normalized spacial score (nSPS) is 11.5. The van der Waals surface area contributed by atoms with Crippen LogP contribution in [-0.4, -0.2) is 19.9 Å². The summed E-state index contributed by atoms with van der Waals surface area (Å²) in [7, 11) is -3.80. The number of hydrogen-bond donors (Lipinski definition) is 1. The highest BCUT2D eigenvalue weighted by Crippen LogP contribution is 2.26. The van der Waals surface area contributed by atoms with E-state index in [-0.39, 0.29) is 16.5 Å². The van der Waals surface area contributed by atoms with E-state index in [0.717, 1.165) is 11.6 Å². The molecule has 0 aliphatic carbocycles. The van der Waals surface area contributed by atoms with Gasteiger partial charge in [-0.15, -0.1) is 0 Å². The fraction of sp³-hybridized carbons (Fsp3) is 0.167. The lowest BCUT2D eigenvalue weighted by Crippen LogP contribution is -2.26. The number of nitrogens with one attached hydrogen (secondary N) is 1. The van der Waals surface area contributed by atoms with E-state index in [2.05, 4.69) is 4.72 Å². The van der Waals surface area contributed by atoms with E-state index in [1.54, 1.807) is 0 Å². The number of nitrogens with zero attached hydrogens (tertiary/aromatic N) is 1. The first-order valence-corrected chi connectivity index (χ1v) is 8.65. The molecule has 0 unspecified atom stereocenters. The monoisotopic (exact) mass is 346 g/mol. The van der Waals surface area contributed by atoms with Crippen molar-refractivity contribution < 1.29 is 13.3 Å². The minimum absolute atomic E-state index is 0.0998. The van der Waals surface area contributed by atoms with Gasteiger partial charge in [0.25, 0.3) is 5.69 Å². The van der Waals surface area contributed by atoms with E-state index >= 15 is 0 Å². The second-order valence-electron chi connectivity index (χ2n) is 4.15. The summed E-state index contributed by atoms with van der Waals surface area (Å²) in [6.45, 7) is 0.218. The topological polar surface area (TPSA) is 89.3 Å². The van der Waals surface area contributed by atoms with Gasteiger partial charge in [0.2, 0.25) is 10.0 Å². The molecule has 9 heteroatoms. The summed E-state index contributed by atoms with van der Waals surface area (Å²) in [5, 5.41) is 14.5. The summed E-state index contributed by atoms with van der Waals surface area (Å²) >= 11 is 7.19. The fourth-order valence-electron chi connectivity index (χ4n) is 1.65. The van der Waals surface area contributed by atoms with E-state index in [0.29, 0.717) is 6.42 Å². The largest absolute Gasteiger partial charge is 0.289 e. The Morgan fingerprint density at radius 2 is 2.10 bits per heavy atom. The van der Waals surface area contributed by atoms with Crippen LogP contribution in [0.2, 0.25) is 5.02 Å². The Morgan fingerprint density at radius 1 is 1.33 bits per heavy atom. The standard InChI is InChI=1S/C12H11ClN2O4S2/c13-11-2-1-10(7-12(11)15(16)17)21(18,19)14-5-3-9-4-6-20-8-9/h1-2,4,6-8,14H,3,5H2. The summed E-state index contributed by atoms with van der Waals surface area (Å²) in [6, 6.07) is 5.30. The number of halogens is 1. The average Bonchev–Trinajstić information content (AvgIpc) is 2.91. The van der Waals surface area contributed by atoms with Crippen molar-refractivity contribution in [2.24, 2.45) is 0 Å². The SMILES string of the molecule is O=[N+]([O-])c1cc(S(=O)(=O)NCCc2ccsc2)ccc1Cl. The van der Waals surface area contributed by atoms with Crippen LogP contribution in [0, 0.1) is 10.1 Å². The molecule has 0 spiro atoms. The second-order valence-corrected chi connectivity index (χ2v) is 7.10. The zero-order valence-electron chi connectivity index (χ0n) is 10.7. The summed E-state index contributed by atoms with van der Waals surface area (Å²) in [4.78, 5) is 9.88. The number of rotatable bonds is 6. The lowest BCUT2D eigenvalue weighted by molar-refractivity contribution is -0.384. The Kier molecular flexibility index (Phi) is 4.94. The Labute approximate surface area is 130 Å². The van der Waals surface area contributed by atoms with Crippen molar-refractivity contribution in [3.05, 3.63) is 55.7 Å². The van der Waals surface area contributed by atoms with E-state index in [1.165, 1.54) is 23.5 Å². The predicted octanol–water partition coefficient (Wildman–Crippen LogP) is 2.83. The molecule has 0 fully saturated rings. The Hall–Kier alpha value is -1.48. The Bertz CT molecular complexity index is 745. The Morgan fingerprint density at radius 3 is 2.71 bits per heavy atom. The number of nitro benzene ring substituents is 1. The highest BCUT2D eigenvalue weighted by Gasteiger charge is 2.20. The van der Waals surface area contributed by atoms with Gasteiger partial charge in [-0.25, -0.2) is 13.1 Å². The molecule has 2 aromatic rings. The molecule has 1 heterocycles. The first kappa shape index (κ1) is 15.9. The summed E-state index contributed by atoms with van der Waals surface area (Å²) < 4.78 is 26.6. The molecule has 0 amide bonds. The smallest absolute Gasteiger partial charge is 0.258 e. The molecule has 1 aromatic carbocycles. The van der Waals surface area contributed by atoms with Crippen LogP contribution < -0.4 is 4.72 Å². The first-order valence-electron chi connectivity index (χ1n) is 5.85. The number of benzene rings is 1. The van der Waals surface area contributed by atoms with Crippen LogP contribution in [0.25, 0.3) is 0 Å². The van der Waals surface area contributed by atoms with Crippen LogP contribution in [0.3, 0.4) is 0 Å². The summed E-state index contributed by atoms with van der Waals surface area (Å²) in [6.07, 6.45) is 0.554. The van der Waals surface area contributed by atoms with Crippen LogP contribution in [0.4, 0.5) is 5.69 Å². The van der Waals surface area contributed by atoms with Crippen LogP contribution in [-0.2, 0) is 16.4 Å². The third kappa shape index (κ3) is 4.01. The fourth-order valence-corrected chi connectivity index (χ4v) is 3.59. The highest BCUT2D eigenvalue weighted by molar-refractivity contribution is 7.89. The van der Waals surface area contributed by atoms with Crippen LogP contribution >= 0.6 is 22.9 Å². The van der Waals surface area contributed by atoms with Gasteiger partial charge in [-0.3, -0.25) is 10.1 Å². The molecule has 1 aromatic heterocycles. The van der Waals surface area contributed by atoms with Gasteiger partial charge in [-0.2, -0.15) is 11.3 Å². The average molecular weight is 347 g/mol. The number of nitro groups is 1. The second kappa shape index (κ2) is 6.52. The van der Waals surface area contributed by atoms with Gasteiger partial charge in [-0.1, -0.05) is 11.6 Å². The van der Waals surface area contributed by atoms with Crippen molar-refractivity contribution in [3.8, 4) is 0 Å². The van der Waals surface area contributed by atoms with E-state index < -0.39 is 20.6 Å². The molecule has 0 aliphatic heterocycles. The van der Waals surface area contributed by atoms with Crippen molar-refractivity contribution in [1.82, 2.24) is 4.72 Å². The maximum atomic E-state index is 12.1. The van der Waals surface area contributed by atoms with Gasteiger partial charge in [0.15, 0.2) is 0 Å². The summed E-state index contributed by atoms with van der Waals surface area (Å²) in [5.41, 5.74) is 0.599. The van der Waals surface area contributed by atoms with Gasteiger partial charge in [0.05, 0.1) is 9.82 Å². The third-order valence-electron chi connectivity index (χ3n) is 2.71. The van der Waals surface area contributed by atoms with Gasteiger partial charge < -0.3 is 0 Å². The summed E-state index contributed by atoms with van der Waals surface area (Å²) in [5.74, 6) is 0. The maximum Gasteiger partial charge on any atom is 0.289 e. The molecule has 0 bridgehead atoms. The highest BCUT2D eigenvalue weighted by atomic mass is 35.5. The molecular weight excluding hydrogens is 336 g/mol. The van der Waals surface area contributed by atoms with Gasteiger partial charge in [0.1, 0.15) is 5.02 Å². The molecule has 6 nitrogen and oxygen atoms in total. The zero-order chi connectivity index (χ0) is 15.5. The number of thiophene rings is 1. The zero-order valence-corrected chi connectivity index (χ0v) is 13.0. The molecule has 1 N–H and O–H groups in total. The van der Waals surface area contributed by atoms with E-state index in [1.807, 2.05) is 16.8 Å². The van der Waals surface area contributed by atoms with Gasteiger partial charge in [-0.05, 0) is 40.9 Å². The van der Waals surface area contributed by atoms with Crippen LogP contribution in [0.1, 0.15) is 5.56 Å². The lowest BCUT2D eigenvalue weighted by Gasteiger charge is -2.06. The lowest BCUT2D eigenvalue weighted by atomic mass is 10.2. The minimum atomic E-state index is -3.80. The Balaban J connectivity index is 2.12. The number of hydrogen-bond acceptors (Lipinski definition) is 5. The molecular formula is C12H11ClN2O4S2. The van der Waals surface area contributed by atoms with E-state index in [4.69, 9.17) is 11.6 Å². The number of sulfonamides is 1. The predicted molar refractivity (Wildman–Crippen MR) is 81.3 cm³/mol. The van der Waals surface area contributed by atoms with Crippen molar-refractivity contribution in [2.45, 2.75) is 11.3 Å². The van der Waals surface area contributed by atoms with Gasteiger partial charge in [0, 0.05) is 12.6 Å².